The fourth-order valence-electron chi connectivity index (χ4n) is 6.21. The van der Waals surface area contributed by atoms with Crippen LogP contribution in [-0.2, 0) is 37.5 Å². The first-order valence-corrected chi connectivity index (χ1v) is 25.1. The van der Waals surface area contributed by atoms with Crippen LogP contribution in [0.3, 0.4) is 0 Å². The summed E-state index contributed by atoms with van der Waals surface area (Å²) in [6.45, 7) is 2.35. The molecule has 0 bridgehead atoms. The average molecular weight is 914 g/mol. The zero-order valence-electron chi connectivity index (χ0n) is 38.5. The molecule has 0 saturated heterocycles. The van der Waals surface area contributed by atoms with Gasteiger partial charge in [-0.3, -0.25) is 23.4 Å². The van der Waals surface area contributed by atoms with Crippen molar-refractivity contribution in [1.82, 2.24) is 0 Å². The fourth-order valence-corrected chi connectivity index (χ4v) is 6.99. The molecule has 0 fully saturated rings. The molecule has 0 heterocycles. The number of hydrogen-bond acceptors (Lipinski definition) is 12. The van der Waals surface area contributed by atoms with Gasteiger partial charge in [0.25, 0.3) is 0 Å². The number of phosphoric acid groups is 1. The van der Waals surface area contributed by atoms with Gasteiger partial charge in [-0.15, -0.1) is 0 Å². The van der Waals surface area contributed by atoms with Crippen LogP contribution in [0, 0.1) is 0 Å². The molecule has 15 heteroatoms. The van der Waals surface area contributed by atoms with Gasteiger partial charge < -0.3 is 40.5 Å². The Morgan fingerprint density at radius 3 is 1.67 bits per heavy atom. The van der Waals surface area contributed by atoms with Crippen LogP contribution in [0.15, 0.2) is 60.8 Å². The second-order valence-corrected chi connectivity index (χ2v) is 17.6. The van der Waals surface area contributed by atoms with E-state index in [1.54, 1.807) is 42.5 Å². The highest BCUT2D eigenvalue weighted by atomic mass is 31.2. The Bertz CT molecular complexity index is 1350. The molecule has 0 aliphatic heterocycles. The van der Waals surface area contributed by atoms with Gasteiger partial charge in [-0.25, -0.2) is 4.57 Å². The zero-order chi connectivity index (χ0) is 46.8. The maximum absolute atomic E-state index is 12.7. The SMILES string of the molecule is CCCCCCCC/C=C\CCCCCCCCCCCC(=O)OC[C@H](COP(=O)(O)OC[C@H](N)C(=O)O)OC(=O)CCC[C@H](O)[C@@H](O)/C=C/C=C/C=C\C=C\[C@@H](O)CCCCC. The number of rotatable bonds is 43. The van der Waals surface area contributed by atoms with Crippen molar-refractivity contribution >= 4 is 25.7 Å². The summed E-state index contributed by atoms with van der Waals surface area (Å²) < 4.78 is 32.5. The van der Waals surface area contributed by atoms with Gasteiger partial charge in [0.05, 0.1) is 31.5 Å². The lowest BCUT2D eigenvalue weighted by molar-refractivity contribution is -0.161. The summed E-state index contributed by atoms with van der Waals surface area (Å²) >= 11 is 0. The highest BCUT2D eigenvalue weighted by molar-refractivity contribution is 7.47. The monoisotopic (exact) mass is 914 g/mol. The van der Waals surface area contributed by atoms with Crippen molar-refractivity contribution in [1.29, 1.82) is 0 Å². The van der Waals surface area contributed by atoms with E-state index >= 15 is 0 Å². The van der Waals surface area contributed by atoms with Crippen molar-refractivity contribution in [3.8, 4) is 0 Å². The van der Waals surface area contributed by atoms with Gasteiger partial charge in [-0.1, -0.05) is 171 Å². The Morgan fingerprint density at radius 1 is 0.587 bits per heavy atom. The Hall–Kier alpha value is -2.94. The quantitative estimate of drug-likeness (QED) is 0.0110. The normalized spacial score (nSPS) is 15.7. The van der Waals surface area contributed by atoms with E-state index in [4.69, 9.17) is 24.8 Å². The molecule has 0 spiro atoms. The van der Waals surface area contributed by atoms with Crippen LogP contribution >= 0.6 is 7.82 Å². The topological polar surface area (TPSA) is 232 Å². The average Bonchev–Trinajstić information content (AvgIpc) is 3.25. The molecule has 14 nitrogen and oxygen atoms in total. The van der Waals surface area contributed by atoms with Gasteiger partial charge in [-0.2, -0.15) is 0 Å². The minimum absolute atomic E-state index is 0.0481. The number of nitrogens with two attached hydrogens (primary N) is 1. The molecule has 0 saturated carbocycles. The molecule has 1 unspecified atom stereocenters. The molecular weight excluding hydrogens is 829 g/mol. The van der Waals surface area contributed by atoms with E-state index < -0.39 is 76.0 Å². The minimum Gasteiger partial charge on any atom is -0.480 e. The van der Waals surface area contributed by atoms with Gasteiger partial charge in [0.2, 0.25) is 0 Å². The first kappa shape index (κ1) is 60.1. The van der Waals surface area contributed by atoms with Gasteiger partial charge >= 0.3 is 25.7 Å². The molecule has 0 aliphatic carbocycles. The first-order chi connectivity index (χ1) is 30.3. The lowest BCUT2D eigenvalue weighted by Gasteiger charge is -2.20. The zero-order valence-corrected chi connectivity index (χ0v) is 39.4. The molecule has 0 aromatic rings. The lowest BCUT2D eigenvalue weighted by Crippen LogP contribution is -2.34. The number of aliphatic hydroxyl groups excluding tert-OH is 3. The molecule has 0 radical (unpaired) electrons. The van der Waals surface area contributed by atoms with Crippen LogP contribution in [0.25, 0.3) is 0 Å². The fraction of sp³-hybridized carbons (Fsp3) is 0.729. The number of phosphoric ester groups is 1. The molecule has 364 valence electrons. The van der Waals surface area contributed by atoms with Crippen LogP contribution in [0.5, 0.6) is 0 Å². The molecule has 0 amide bonds. The molecule has 0 aliphatic rings. The third-order valence-electron chi connectivity index (χ3n) is 10.1. The molecule has 63 heavy (non-hydrogen) atoms. The Balaban J connectivity index is 4.61. The van der Waals surface area contributed by atoms with E-state index in [0.29, 0.717) is 6.42 Å². The number of ether oxygens (including phenoxy) is 2. The number of carbonyl (C=O) groups is 3. The predicted octanol–water partition coefficient (Wildman–Crippen LogP) is 9.64. The number of unbranched alkanes of at least 4 members (excludes halogenated alkanes) is 17. The number of aliphatic hydroxyl groups is 3. The van der Waals surface area contributed by atoms with Gasteiger partial charge in [0.15, 0.2) is 6.10 Å². The maximum atomic E-state index is 12.7. The van der Waals surface area contributed by atoms with Crippen LogP contribution < -0.4 is 5.73 Å². The smallest absolute Gasteiger partial charge is 0.472 e. The van der Waals surface area contributed by atoms with Crippen molar-refractivity contribution < 1.29 is 62.8 Å². The van der Waals surface area contributed by atoms with E-state index in [1.807, 2.05) is 0 Å². The minimum atomic E-state index is -4.82. The van der Waals surface area contributed by atoms with E-state index in [-0.39, 0.29) is 25.7 Å². The Labute approximate surface area is 378 Å². The van der Waals surface area contributed by atoms with Crippen molar-refractivity contribution in [2.45, 2.75) is 205 Å². The summed E-state index contributed by atoms with van der Waals surface area (Å²) in [4.78, 5) is 46.1. The highest BCUT2D eigenvalue weighted by Crippen LogP contribution is 2.43. The van der Waals surface area contributed by atoms with Gasteiger partial charge in [0, 0.05) is 12.8 Å². The van der Waals surface area contributed by atoms with Crippen molar-refractivity contribution in [3.05, 3.63) is 60.8 Å². The van der Waals surface area contributed by atoms with Crippen LogP contribution in [0.2, 0.25) is 0 Å². The third kappa shape index (κ3) is 40.3. The number of carboxylic acid groups (broad SMARTS) is 1. The largest absolute Gasteiger partial charge is 0.480 e. The molecule has 7 N–H and O–H groups in total. The van der Waals surface area contributed by atoms with Crippen molar-refractivity contribution in [2.75, 3.05) is 19.8 Å². The second-order valence-electron chi connectivity index (χ2n) is 16.1. The first-order valence-electron chi connectivity index (χ1n) is 23.6. The number of carboxylic acids is 1. The summed E-state index contributed by atoms with van der Waals surface area (Å²) in [6, 6.07) is -1.58. The lowest BCUT2D eigenvalue weighted by atomic mass is 10.1. The molecule has 0 aromatic carbocycles. The van der Waals surface area contributed by atoms with E-state index in [9.17, 15) is 39.2 Å². The Kier molecular flexibility index (Phi) is 39.8. The molecular formula is C48H84NO13P. The number of carbonyl (C=O) groups excluding carboxylic acids is 2. The van der Waals surface area contributed by atoms with Crippen LogP contribution in [0.1, 0.15) is 174 Å². The van der Waals surface area contributed by atoms with Crippen molar-refractivity contribution in [3.63, 3.8) is 0 Å². The highest BCUT2D eigenvalue weighted by Gasteiger charge is 2.28. The second kappa shape index (κ2) is 41.7. The predicted molar refractivity (Wildman–Crippen MR) is 249 cm³/mol. The number of esters is 2. The Morgan fingerprint density at radius 2 is 1.08 bits per heavy atom. The summed E-state index contributed by atoms with van der Waals surface area (Å²) in [5, 5.41) is 39.4. The summed E-state index contributed by atoms with van der Waals surface area (Å²) in [7, 11) is -4.82. The summed E-state index contributed by atoms with van der Waals surface area (Å²) in [5.74, 6) is -2.76. The van der Waals surface area contributed by atoms with Gasteiger partial charge in [-0.05, 0) is 51.4 Å². The molecule has 0 aromatic heterocycles. The number of allylic oxidation sites excluding steroid dienone is 8. The van der Waals surface area contributed by atoms with Gasteiger partial charge in [0.1, 0.15) is 12.6 Å². The number of hydrogen-bond donors (Lipinski definition) is 6. The van der Waals surface area contributed by atoms with E-state index in [2.05, 4.69) is 30.5 Å². The summed E-state index contributed by atoms with van der Waals surface area (Å²) in [6.07, 6.45) is 37.9. The summed E-state index contributed by atoms with van der Waals surface area (Å²) in [5.41, 5.74) is 5.32. The number of aliphatic carboxylic acids is 1. The van der Waals surface area contributed by atoms with E-state index in [1.165, 1.54) is 76.7 Å². The molecule has 6 atom stereocenters. The molecule has 0 rings (SSSR count). The van der Waals surface area contributed by atoms with Crippen molar-refractivity contribution in [2.24, 2.45) is 5.73 Å². The van der Waals surface area contributed by atoms with Crippen LogP contribution in [0.4, 0.5) is 0 Å². The van der Waals surface area contributed by atoms with Crippen LogP contribution in [-0.4, -0.2) is 93.5 Å². The standard InChI is InChI=1S/C48H84NO13P/c1-3-5-7-8-9-10-11-12-13-14-15-16-17-18-19-20-21-26-30-36-46(53)59-38-42(39-60-63(57,58)61-40-43(49)48(55)56)62-47(54)37-31-35-45(52)44(51)34-29-25-23-22-24-28-33-41(50)32-27-6-4-2/h12-13,22-25,28-29,33-34,41-45,50-52H,3-11,14-21,26-27,30-32,35-40,49H2,1-2H3,(H,55,56)(H,57,58)/b13-12-,24-22-,25-23+,33-28+,34-29+/t41-,42+,43-,44-,45-/m0/s1. The van der Waals surface area contributed by atoms with E-state index in [0.717, 1.165) is 57.8 Å². The third-order valence-corrected chi connectivity index (χ3v) is 11.1. The maximum Gasteiger partial charge on any atom is 0.472 e.